The van der Waals surface area contributed by atoms with E-state index in [-0.39, 0.29) is 25.9 Å². The normalized spacial score (nSPS) is 18.5. The molecular weight excluding hydrogens is 997 g/mol. The van der Waals surface area contributed by atoms with E-state index < -0.39 is 67.3 Å². The van der Waals surface area contributed by atoms with E-state index in [2.05, 4.69) is 118 Å². The first kappa shape index (κ1) is 72.7. The van der Waals surface area contributed by atoms with Crippen LogP contribution in [0.25, 0.3) is 0 Å². The predicted octanol–water partition coefficient (Wildman–Crippen LogP) is 16.5. The van der Waals surface area contributed by atoms with Crippen LogP contribution in [0.4, 0.5) is 0 Å². The zero-order valence-corrected chi connectivity index (χ0v) is 49.6. The maximum absolute atomic E-state index is 13.2. The summed E-state index contributed by atoms with van der Waals surface area (Å²) in [6, 6.07) is 0. The van der Waals surface area contributed by atoms with Crippen LogP contribution in [0.1, 0.15) is 252 Å². The SMILES string of the molecule is CC/C=C\C/C=C\C/C=C\C/C=C\CCCCCCC(=O)OC1C(OCC(COC(=O)CCCCCCCCCCCCCCCCCCC)OC(=O)CCCC/C=C\C/C=C\C/C=C\C/C=C\CC)OC(C(=O)O)C(O)C1O. The summed E-state index contributed by atoms with van der Waals surface area (Å²) in [6.45, 7) is 5.74. The summed E-state index contributed by atoms with van der Waals surface area (Å²) in [5.74, 6) is -3.21. The number of aliphatic carboxylic acids is 1. The second-order valence-electron chi connectivity index (χ2n) is 20.9. The summed E-state index contributed by atoms with van der Waals surface area (Å²) in [5, 5.41) is 31.5. The second kappa shape index (κ2) is 54.2. The van der Waals surface area contributed by atoms with Crippen LogP contribution in [0.15, 0.2) is 97.2 Å². The topological polar surface area (TPSA) is 175 Å². The average Bonchev–Trinajstić information content (AvgIpc) is 3.43. The molecule has 0 aliphatic carbocycles. The lowest BCUT2D eigenvalue weighted by atomic mass is 9.98. The van der Waals surface area contributed by atoms with E-state index in [1.54, 1.807) is 0 Å². The van der Waals surface area contributed by atoms with Crippen LogP contribution in [0.3, 0.4) is 0 Å². The van der Waals surface area contributed by atoms with Gasteiger partial charge in [-0.25, -0.2) is 4.79 Å². The molecule has 6 atom stereocenters. The van der Waals surface area contributed by atoms with Crippen LogP contribution in [0.5, 0.6) is 0 Å². The third kappa shape index (κ3) is 44.0. The Balaban J connectivity index is 2.71. The lowest BCUT2D eigenvalue weighted by molar-refractivity contribution is -0.301. The average molecular weight is 1110 g/mol. The minimum Gasteiger partial charge on any atom is -0.479 e. The maximum Gasteiger partial charge on any atom is 0.335 e. The lowest BCUT2D eigenvalue weighted by Gasteiger charge is -2.40. The van der Waals surface area contributed by atoms with Crippen molar-refractivity contribution in [3.8, 4) is 0 Å². The standard InChI is InChI=1S/C67H110O12/c1-4-7-10-13-16-19-22-25-28-30-33-35-38-41-44-47-50-53-59(68)75-56-58(77-60(69)54-51-48-45-42-39-36-32-27-24-21-18-15-12-9-6-3)57-76-67-65(63(72)62(71)64(79-67)66(73)74)78-61(70)55-52-49-46-43-40-37-34-31-29-26-23-20-17-14-11-8-5-2/h8-9,11-12,17-18,20-21,26-27,29,32,34,37,39,42,58,62-65,67,71-72H,4-7,10,13-16,19,22-25,28,30-31,33,35-36,38,40-41,43-57H2,1-3H3,(H,73,74)/b11-8-,12-9-,20-17-,21-18-,29-26-,32-27-,37-34-,42-39-. The van der Waals surface area contributed by atoms with Gasteiger partial charge in [0, 0.05) is 19.3 Å². The van der Waals surface area contributed by atoms with Crippen molar-refractivity contribution in [3.63, 3.8) is 0 Å². The van der Waals surface area contributed by atoms with Gasteiger partial charge < -0.3 is 39.0 Å². The summed E-state index contributed by atoms with van der Waals surface area (Å²) in [5.41, 5.74) is 0. The first-order valence-corrected chi connectivity index (χ1v) is 31.2. The van der Waals surface area contributed by atoms with E-state index >= 15 is 0 Å². The maximum atomic E-state index is 13.2. The number of carbonyl (C=O) groups excluding carboxylic acids is 3. The Morgan fingerprint density at radius 1 is 0.430 bits per heavy atom. The lowest BCUT2D eigenvalue weighted by Crippen LogP contribution is -2.61. The zero-order valence-electron chi connectivity index (χ0n) is 49.6. The Kier molecular flexibility index (Phi) is 49.9. The van der Waals surface area contributed by atoms with Crippen molar-refractivity contribution in [2.75, 3.05) is 13.2 Å². The van der Waals surface area contributed by atoms with Crippen molar-refractivity contribution in [2.45, 2.75) is 289 Å². The number of carbonyl (C=O) groups is 4. The van der Waals surface area contributed by atoms with Crippen LogP contribution >= 0.6 is 0 Å². The van der Waals surface area contributed by atoms with Crippen molar-refractivity contribution >= 4 is 23.9 Å². The van der Waals surface area contributed by atoms with Crippen molar-refractivity contribution in [1.82, 2.24) is 0 Å². The van der Waals surface area contributed by atoms with Gasteiger partial charge in [0.1, 0.15) is 18.8 Å². The number of allylic oxidation sites excluding steroid dienone is 16. The van der Waals surface area contributed by atoms with E-state index in [1.807, 2.05) is 0 Å². The fourth-order valence-electron chi connectivity index (χ4n) is 8.94. The molecule has 450 valence electrons. The van der Waals surface area contributed by atoms with E-state index in [1.165, 1.54) is 83.5 Å². The molecule has 0 amide bonds. The molecule has 79 heavy (non-hydrogen) atoms. The molecule has 0 aromatic rings. The highest BCUT2D eigenvalue weighted by Gasteiger charge is 2.50. The Morgan fingerprint density at radius 2 is 0.797 bits per heavy atom. The van der Waals surface area contributed by atoms with Crippen LogP contribution in [-0.2, 0) is 42.9 Å². The molecule has 3 N–H and O–H groups in total. The van der Waals surface area contributed by atoms with E-state index in [9.17, 15) is 34.5 Å². The van der Waals surface area contributed by atoms with Crippen LogP contribution in [0, 0.1) is 0 Å². The highest BCUT2D eigenvalue weighted by Crippen LogP contribution is 2.26. The van der Waals surface area contributed by atoms with Gasteiger partial charge >= 0.3 is 23.9 Å². The predicted molar refractivity (Wildman–Crippen MR) is 321 cm³/mol. The molecule has 1 fully saturated rings. The molecule has 12 nitrogen and oxygen atoms in total. The van der Waals surface area contributed by atoms with Crippen molar-refractivity contribution in [3.05, 3.63) is 97.2 Å². The van der Waals surface area contributed by atoms with Crippen molar-refractivity contribution < 1.29 is 58.2 Å². The Bertz CT molecular complexity index is 1740. The molecule has 6 unspecified atom stereocenters. The monoisotopic (exact) mass is 1110 g/mol. The van der Waals surface area contributed by atoms with Gasteiger partial charge in [0.2, 0.25) is 0 Å². The summed E-state index contributed by atoms with van der Waals surface area (Å²) in [7, 11) is 0. The van der Waals surface area contributed by atoms with E-state index in [0.29, 0.717) is 19.3 Å². The van der Waals surface area contributed by atoms with Gasteiger partial charge in [-0.1, -0.05) is 234 Å². The van der Waals surface area contributed by atoms with Gasteiger partial charge in [0.15, 0.2) is 24.6 Å². The second-order valence-corrected chi connectivity index (χ2v) is 20.9. The third-order valence-corrected chi connectivity index (χ3v) is 13.7. The molecule has 1 rings (SSSR count). The Labute approximate surface area is 479 Å². The minimum absolute atomic E-state index is 0.0241. The molecule has 1 aliphatic rings. The highest BCUT2D eigenvalue weighted by molar-refractivity contribution is 5.74. The molecule has 1 heterocycles. The molecule has 0 saturated carbocycles. The number of ether oxygens (including phenoxy) is 5. The number of carboxylic acids is 1. The number of aliphatic hydroxyl groups excluding tert-OH is 2. The fraction of sp³-hybridized carbons (Fsp3) is 0.701. The summed E-state index contributed by atoms with van der Waals surface area (Å²) in [6.07, 6.45) is 59.4. The number of rotatable bonds is 52. The molecule has 0 spiro atoms. The van der Waals surface area contributed by atoms with E-state index in [4.69, 9.17) is 23.7 Å². The molecule has 0 bridgehead atoms. The van der Waals surface area contributed by atoms with Crippen LogP contribution < -0.4 is 0 Å². The Hall–Kier alpha value is -4.36. The molecule has 1 saturated heterocycles. The molecular formula is C67H110O12. The number of hydrogen-bond donors (Lipinski definition) is 3. The number of carboxylic acid groups (broad SMARTS) is 1. The van der Waals surface area contributed by atoms with E-state index in [0.717, 1.165) is 109 Å². The third-order valence-electron chi connectivity index (χ3n) is 13.7. The largest absolute Gasteiger partial charge is 0.479 e. The fourth-order valence-corrected chi connectivity index (χ4v) is 8.94. The van der Waals surface area contributed by atoms with Gasteiger partial charge in [-0.15, -0.1) is 0 Å². The van der Waals surface area contributed by atoms with Gasteiger partial charge in [-0.3, -0.25) is 14.4 Å². The Morgan fingerprint density at radius 3 is 1.24 bits per heavy atom. The summed E-state index contributed by atoms with van der Waals surface area (Å²) in [4.78, 5) is 51.2. The summed E-state index contributed by atoms with van der Waals surface area (Å²) >= 11 is 0. The number of esters is 3. The van der Waals surface area contributed by atoms with Gasteiger partial charge in [0.25, 0.3) is 0 Å². The smallest absolute Gasteiger partial charge is 0.335 e. The van der Waals surface area contributed by atoms with Crippen molar-refractivity contribution in [1.29, 1.82) is 0 Å². The molecule has 1 aliphatic heterocycles. The van der Waals surface area contributed by atoms with Crippen LogP contribution in [-0.4, -0.2) is 89.2 Å². The van der Waals surface area contributed by atoms with Gasteiger partial charge in [-0.2, -0.15) is 0 Å². The minimum atomic E-state index is -1.92. The highest BCUT2D eigenvalue weighted by atomic mass is 16.7. The molecule has 0 radical (unpaired) electrons. The summed E-state index contributed by atoms with van der Waals surface area (Å²) < 4.78 is 28.4. The van der Waals surface area contributed by atoms with Gasteiger partial charge in [0.05, 0.1) is 6.61 Å². The number of aliphatic hydroxyl groups is 2. The first-order chi connectivity index (χ1) is 38.6. The van der Waals surface area contributed by atoms with Gasteiger partial charge in [-0.05, 0) is 96.3 Å². The van der Waals surface area contributed by atoms with Crippen molar-refractivity contribution in [2.24, 2.45) is 0 Å². The quantitative estimate of drug-likeness (QED) is 0.0228. The molecule has 0 aromatic heterocycles. The van der Waals surface area contributed by atoms with Crippen LogP contribution in [0.2, 0.25) is 0 Å². The molecule has 0 aromatic carbocycles. The number of hydrogen-bond acceptors (Lipinski definition) is 11. The first-order valence-electron chi connectivity index (χ1n) is 31.2. The zero-order chi connectivity index (χ0) is 57.5. The molecule has 12 heteroatoms. The number of unbranched alkanes of at least 4 members (excludes halogenated alkanes) is 22.